The normalized spacial score (nSPS) is 19.4. The molecule has 1 aromatic heterocycles. The van der Waals surface area contributed by atoms with E-state index in [1.165, 1.54) is 0 Å². The summed E-state index contributed by atoms with van der Waals surface area (Å²) in [5.41, 5.74) is 8.01. The molecule has 1 unspecified atom stereocenters. The second kappa shape index (κ2) is 5.17. The predicted octanol–water partition coefficient (Wildman–Crippen LogP) is 2.00. The monoisotopic (exact) mass is 273 g/mol. The van der Waals surface area contributed by atoms with E-state index in [1.807, 2.05) is 29.2 Å². The van der Waals surface area contributed by atoms with Gasteiger partial charge in [0.05, 0.1) is 12.7 Å². The summed E-state index contributed by atoms with van der Waals surface area (Å²) in [6.07, 6.45) is 1.07. The molecular formula is C15H19N3O2. The van der Waals surface area contributed by atoms with Crippen molar-refractivity contribution in [2.45, 2.75) is 19.4 Å². The molecule has 1 saturated heterocycles. The van der Waals surface area contributed by atoms with Crippen LogP contribution in [0.4, 0.5) is 5.69 Å². The Morgan fingerprint density at radius 2 is 2.35 bits per heavy atom. The van der Waals surface area contributed by atoms with Crippen molar-refractivity contribution in [3.8, 4) is 0 Å². The summed E-state index contributed by atoms with van der Waals surface area (Å²) in [5, 5.41) is 0.966. The Balaban J connectivity index is 1.84. The second-order valence-electron chi connectivity index (χ2n) is 5.18. The van der Waals surface area contributed by atoms with Gasteiger partial charge in [0, 0.05) is 29.7 Å². The van der Waals surface area contributed by atoms with Crippen LogP contribution in [0.2, 0.25) is 0 Å². The number of aromatic nitrogens is 1. The van der Waals surface area contributed by atoms with Crippen LogP contribution < -0.4 is 5.73 Å². The summed E-state index contributed by atoms with van der Waals surface area (Å²) in [7, 11) is 0. The van der Waals surface area contributed by atoms with Gasteiger partial charge in [-0.05, 0) is 30.7 Å². The molecule has 3 rings (SSSR count). The first kappa shape index (κ1) is 13.0. The van der Waals surface area contributed by atoms with E-state index in [0.717, 1.165) is 17.3 Å². The number of fused-ring (bicyclic) bond motifs is 1. The number of nitrogens with two attached hydrogens (primary N) is 1. The number of carbonyl (C=O) groups is 1. The number of H-pyrrole nitrogens is 1. The molecule has 1 aliphatic heterocycles. The van der Waals surface area contributed by atoms with E-state index < -0.39 is 0 Å². The van der Waals surface area contributed by atoms with Crippen molar-refractivity contribution in [2.75, 3.05) is 25.4 Å². The van der Waals surface area contributed by atoms with E-state index >= 15 is 0 Å². The van der Waals surface area contributed by atoms with Crippen molar-refractivity contribution in [1.82, 2.24) is 9.88 Å². The van der Waals surface area contributed by atoms with Crippen LogP contribution in [0.3, 0.4) is 0 Å². The van der Waals surface area contributed by atoms with Gasteiger partial charge in [0.15, 0.2) is 0 Å². The van der Waals surface area contributed by atoms with Gasteiger partial charge in [-0.2, -0.15) is 0 Å². The van der Waals surface area contributed by atoms with Crippen LogP contribution in [-0.4, -0.2) is 41.6 Å². The summed E-state index contributed by atoms with van der Waals surface area (Å²) in [6.45, 7) is 3.99. The number of aromatic amines is 1. The summed E-state index contributed by atoms with van der Waals surface area (Å²) >= 11 is 0. The molecule has 0 radical (unpaired) electrons. The van der Waals surface area contributed by atoms with Gasteiger partial charge in [-0.25, -0.2) is 0 Å². The zero-order valence-electron chi connectivity index (χ0n) is 11.6. The summed E-state index contributed by atoms with van der Waals surface area (Å²) in [6, 6.07) is 7.46. The number of nitrogens with zero attached hydrogens (tertiary/aromatic N) is 1. The van der Waals surface area contributed by atoms with Gasteiger partial charge in [0.25, 0.3) is 5.91 Å². The number of hydrogen-bond donors (Lipinski definition) is 2. The predicted molar refractivity (Wildman–Crippen MR) is 78.6 cm³/mol. The maximum Gasteiger partial charge on any atom is 0.270 e. The summed E-state index contributed by atoms with van der Waals surface area (Å²) in [5.74, 6) is 0.0292. The molecule has 1 aromatic carbocycles. The lowest BCUT2D eigenvalue weighted by molar-refractivity contribution is -0.0227. The van der Waals surface area contributed by atoms with Crippen LogP contribution in [0.1, 0.15) is 23.8 Å². The van der Waals surface area contributed by atoms with Gasteiger partial charge >= 0.3 is 0 Å². The Labute approximate surface area is 117 Å². The molecule has 3 N–H and O–H groups in total. The first-order chi connectivity index (χ1) is 9.67. The van der Waals surface area contributed by atoms with Gasteiger partial charge < -0.3 is 20.4 Å². The van der Waals surface area contributed by atoms with Gasteiger partial charge in [0.2, 0.25) is 0 Å². The average molecular weight is 273 g/mol. The summed E-state index contributed by atoms with van der Waals surface area (Å²) in [4.78, 5) is 17.5. The lowest BCUT2D eigenvalue weighted by atomic mass is 10.2. The quantitative estimate of drug-likeness (QED) is 0.822. The van der Waals surface area contributed by atoms with Gasteiger partial charge in [-0.1, -0.05) is 6.92 Å². The minimum Gasteiger partial charge on any atom is -0.399 e. The third-order valence-corrected chi connectivity index (χ3v) is 3.76. The van der Waals surface area contributed by atoms with Crippen LogP contribution in [0.5, 0.6) is 0 Å². The molecule has 20 heavy (non-hydrogen) atoms. The SMILES string of the molecule is CCC1CN(C(=O)c2cc3cc(N)ccc3[nH]2)CCO1. The molecule has 0 bridgehead atoms. The highest BCUT2D eigenvalue weighted by Crippen LogP contribution is 2.20. The number of rotatable bonds is 2. The number of anilines is 1. The molecule has 5 heteroatoms. The highest BCUT2D eigenvalue weighted by molar-refractivity contribution is 5.98. The van der Waals surface area contributed by atoms with E-state index in [1.54, 1.807) is 0 Å². The maximum atomic E-state index is 12.5. The van der Waals surface area contributed by atoms with E-state index in [-0.39, 0.29) is 12.0 Å². The average Bonchev–Trinajstić information content (AvgIpc) is 2.89. The number of nitrogens with one attached hydrogen (secondary N) is 1. The molecular weight excluding hydrogens is 254 g/mol. The van der Waals surface area contributed by atoms with Crippen LogP contribution in [0.15, 0.2) is 24.3 Å². The first-order valence-corrected chi connectivity index (χ1v) is 6.96. The third kappa shape index (κ3) is 2.36. The van der Waals surface area contributed by atoms with Crippen molar-refractivity contribution in [3.63, 3.8) is 0 Å². The minimum atomic E-state index is 0.0292. The van der Waals surface area contributed by atoms with Crippen molar-refractivity contribution in [3.05, 3.63) is 30.0 Å². The topological polar surface area (TPSA) is 71.3 Å². The Morgan fingerprint density at radius 1 is 1.50 bits per heavy atom. The second-order valence-corrected chi connectivity index (χ2v) is 5.18. The maximum absolute atomic E-state index is 12.5. The summed E-state index contributed by atoms with van der Waals surface area (Å²) < 4.78 is 5.60. The molecule has 0 saturated carbocycles. The Kier molecular flexibility index (Phi) is 3.36. The van der Waals surface area contributed by atoms with Crippen molar-refractivity contribution in [2.24, 2.45) is 0 Å². The number of benzene rings is 1. The van der Waals surface area contributed by atoms with Crippen LogP contribution in [-0.2, 0) is 4.74 Å². The van der Waals surface area contributed by atoms with Crippen molar-refractivity contribution < 1.29 is 9.53 Å². The zero-order valence-corrected chi connectivity index (χ0v) is 11.6. The Morgan fingerprint density at radius 3 is 3.15 bits per heavy atom. The molecule has 2 aromatic rings. The Bertz CT molecular complexity index is 635. The van der Waals surface area contributed by atoms with Crippen LogP contribution in [0, 0.1) is 0 Å². The molecule has 5 nitrogen and oxygen atoms in total. The molecule has 0 aliphatic carbocycles. The number of carbonyl (C=O) groups excluding carboxylic acids is 1. The van der Waals surface area contributed by atoms with Gasteiger partial charge in [-0.15, -0.1) is 0 Å². The van der Waals surface area contributed by atoms with Crippen molar-refractivity contribution >= 4 is 22.5 Å². The smallest absolute Gasteiger partial charge is 0.270 e. The number of amides is 1. The molecule has 1 aliphatic rings. The fraction of sp³-hybridized carbons (Fsp3) is 0.400. The largest absolute Gasteiger partial charge is 0.399 e. The first-order valence-electron chi connectivity index (χ1n) is 6.96. The number of ether oxygens (including phenoxy) is 1. The molecule has 0 spiro atoms. The van der Waals surface area contributed by atoms with Crippen LogP contribution >= 0.6 is 0 Å². The lowest BCUT2D eigenvalue weighted by Gasteiger charge is -2.32. The molecule has 106 valence electrons. The highest BCUT2D eigenvalue weighted by atomic mass is 16.5. The van der Waals surface area contributed by atoms with Crippen LogP contribution in [0.25, 0.3) is 10.9 Å². The highest BCUT2D eigenvalue weighted by Gasteiger charge is 2.24. The molecule has 1 atom stereocenters. The molecule has 2 heterocycles. The standard InChI is InChI=1S/C15H19N3O2/c1-2-12-9-18(5-6-20-12)15(19)14-8-10-7-11(16)3-4-13(10)17-14/h3-4,7-8,12,17H,2,5-6,9,16H2,1H3. The number of hydrogen-bond acceptors (Lipinski definition) is 3. The molecule has 1 fully saturated rings. The van der Waals surface area contributed by atoms with E-state index in [2.05, 4.69) is 11.9 Å². The number of morpholine rings is 1. The van der Waals surface area contributed by atoms with Crippen molar-refractivity contribution in [1.29, 1.82) is 0 Å². The minimum absolute atomic E-state index is 0.0292. The third-order valence-electron chi connectivity index (χ3n) is 3.76. The number of nitrogen functional groups attached to an aromatic ring is 1. The van der Waals surface area contributed by atoms with Gasteiger partial charge in [0.1, 0.15) is 5.69 Å². The van der Waals surface area contributed by atoms with Gasteiger partial charge in [-0.3, -0.25) is 4.79 Å². The zero-order chi connectivity index (χ0) is 14.1. The fourth-order valence-electron chi connectivity index (χ4n) is 2.59. The van der Waals surface area contributed by atoms with E-state index in [0.29, 0.717) is 31.1 Å². The Hall–Kier alpha value is -2.01. The van der Waals surface area contributed by atoms with E-state index in [9.17, 15) is 4.79 Å². The fourth-order valence-corrected chi connectivity index (χ4v) is 2.59. The lowest BCUT2D eigenvalue weighted by Crippen LogP contribution is -2.45. The van der Waals surface area contributed by atoms with E-state index in [4.69, 9.17) is 10.5 Å². The molecule has 1 amide bonds.